The molecule has 1 aromatic rings. The normalized spacial score (nSPS) is 16.4. The van der Waals surface area contributed by atoms with Crippen LogP contribution in [0.15, 0.2) is 12.4 Å². The van der Waals surface area contributed by atoms with Crippen molar-refractivity contribution in [1.82, 2.24) is 4.57 Å². The lowest BCUT2D eigenvalue weighted by molar-refractivity contribution is -0.138. The van der Waals surface area contributed by atoms with Gasteiger partial charge < -0.3 is 9.67 Å². The molecule has 0 bridgehead atoms. The molecule has 1 aliphatic rings. The highest BCUT2D eigenvalue weighted by Crippen LogP contribution is 2.35. The Bertz CT molecular complexity index is 418. The van der Waals surface area contributed by atoms with Crippen molar-refractivity contribution in [2.24, 2.45) is 5.92 Å². The number of aromatic nitrogens is 1. The maximum absolute atomic E-state index is 12.5. The van der Waals surface area contributed by atoms with Gasteiger partial charge in [0.05, 0.1) is 11.1 Å². The van der Waals surface area contributed by atoms with Crippen molar-refractivity contribution in [2.75, 3.05) is 0 Å². The topological polar surface area (TPSA) is 42.2 Å². The van der Waals surface area contributed by atoms with Crippen molar-refractivity contribution in [2.45, 2.75) is 25.6 Å². The second-order valence-electron chi connectivity index (χ2n) is 4.03. The minimum Gasteiger partial charge on any atom is -0.478 e. The average Bonchev–Trinajstić information content (AvgIpc) is 2.79. The van der Waals surface area contributed by atoms with Gasteiger partial charge in [-0.05, 0) is 18.8 Å². The van der Waals surface area contributed by atoms with Gasteiger partial charge in [0.2, 0.25) is 0 Å². The Morgan fingerprint density at radius 1 is 1.44 bits per heavy atom. The van der Waals surface area contributed by atoms with Crippen LogP contribution < -0.4 is 0 Å². The summed E-state index contributed by atoms with van der Waals surface area (Å²) in [6.07, 6.45) is -0.669. The number of nitrogens with zero attached hydrogens (tertiary/aromatic N) is 1. The summed E-state index contributed by atoms with van der Waals surface area (Å²) in [5.74, 6) is -1.14. The van der Waals surface area contributed by atoms with Gasteiger partial charge in [-0.2, -0.15) is 13.2 Å². The van der Waals surface area contributed by atoms with Crippen LogP contribution in [0.2, 0.25) is 0 Å². The molecule has 1 fully saturated rings. The van der Waals surface area contributed by atoms with E-state index in [0.717, 1.165) is 25.2 Å². The molecular formula is C10H10F3NO2. The zero-order valence-electron chi connectivity index (χ0n) is 8.29. The number of halogens is 3. The Balaban J connectivity index is 2.32. The number of rotatable bonds is 3. The molecule has 0 aliphatic heterocycles. The first-order valence-electron chi connectivity index (χ1n) is 4.88. The predicted molar refractivity (Wildman–Crippen MR) is 49.1 cm³/mol. The molecule has 0 spiro atoms. The smallest absolute Gasteiger partial charge is 0.418 e. The molecule has 0 radical (unpaired) electrons. The SMILES string of the molecule is O=C(O)c1cn(CC2CC2)cc1C(F)(F)F. The van der Waals surface area contributed by atoms with Gasteiger partial charge in [-0.1, -0.05) is 0 Å². The van der Waals surface area contributed by atoms with E-state index in [1.165, 1.54) is 4.57 Å². The first-order valence-corrected chi connectivity index (χ1v) is 4.88. The largest absolute Gasteiger partial charge is 0.478 e. The molecule has 16 heavy (non-hydrogen) atoms. The van der Waals surface area contributed by atoms with Gasteiger partial charge in [-0.3, -0.25) is 0 Å². The van der Waals surface area contributed by atoms with Crippen molar-refractivity contribution >= 4 is 5.97 Å². The predicted octanol–water partition coefficient (Wildman–Crippen LogP) is 2.62. The summed E-state index contributed by atoms with van der Waals surface area (Å²) in [4.78, 5) is 10.7. The lowest BCUT2D eigenvalue weighted by Gasteiger charge is -2.04. The van der Waals surface area contributed by atoms with E-state index in [1.54, 1.807) is 0 Å². The van der Waals surface area contributed by atoms with E-state index in [1.807, 2.05) is 0 Å². The van der Waals surface area contributed by atoms with Gasteiger partial charge in [0.25, 0.3) is 0 Å². The first-order chi connectivity index (χ1) is 7.38. The molecule has 2 rings (SSSR count). The van der Waals surface area contributed by atoms with E-state index in [9.17, 15) is 18.0 Å². The van der Waals surface area contributed by atoms with E-state index in [4.69, 9.17) is 5.11 Å². The fourth-order valence-electron chi connectivity index (χ4n) is 1.61. The molecule has 6 heteroatoms. The summed E-state index contributed by atoms with van der Waals surface area (Å²) in [6, 6.07) is 0. The van der Waals surface area contributed by atoms with Gasteiger partial charge in [0.15, 0.2) is 0 Å². The summed E-state index contributed by atoms with van der Waals surface area (Å²) in [5, 5.41) is 8.68. The van der Waals surface area contributed by atoms with Gasteiger partial charge in [-0.25, -0.2) is 4.79 Å². The molecule has 1 saturated carbocycles. The van der Waals surface area contributed by atoms with Gasteiger partial charge >= 0.3 is 12.1 Å². The molecule has 1 N–H and O–H groups in total. The van der Waals surface area contributed by atoms with Gasteiger partial charge in [-0.15, -0.1) is 0 Å². The van der Waals surface area contributed by atoms with E-state index < -0.39 is 23.3 Å². The molecule has 1 aliphatic carbocycles. The highest BCUT2D eigenvalue weighted by atomic mass is 19.4. The maximum atomic E-state index is 12.5. The molecule has 1 heterocycles. The second kappa shape index (κ2) is 3.54. The van der Waals surface area contributed by atoms with Crippen LogP contribution in [-0.2, 0) is 12.7 Å². The van der Waals surface area contributed by atoms with Gasteiger partial charge in [0, 0.05) is 18.9 Å². The Kier molecular flexibility index (Phi) is 2.44. The van der Waals surface area contributed by atoms with Crippen LogP contribution >= 0.6 is 0 Å². The lowest BCUT2D eigenvalue weighted by Crippen LogP contribution is -2.09. The molecule has 1 aromatic heterocycles. The Hall–Kier alpha value is -1.46. The number of carboxylic acid groups (broad SMARTS) is 1. The number of alkyl halides is 3. The maximum Gasteiger partial charge on any atom is 0.418 e. The minimum atomic E-state index is -4.61. The van der Waals surface area contributed by atoms with Crippen LogP contribution in [0.3, 0.4) is 0 Å². The third-order valence-electron chi connectivity index (χ3n) is 2.58. The highest BCUT2D eigenvalue weighted by molar-refractivity contribution is 5.89. The summed E-state index contributed by atoms with van der Waals surface area (Å²) < 4.78 is 38.8. The second-order valence-corrected chi connectivity index (χ2v) is 4.03. The number of aromatic carboxylic acids is 1. The number of hydrogen-bond acceptors (Lipinski definition) is 1. The third kappa shape index (κ3) is 2.20. The zero-order chi connectivity index (χ0) is 11.9. The Morgan fingerprint density at radius 3 is 2.44 bits per heavy atom. The van der Waals surface area contributed by atoms with E-state index in [-0.39, 0.29) is 0 Å². The Labute approximate surface area is 89.5 Å². The van der Waals surface area contributed by atoms with E-state index >= 15 is 0 Å². The zero-order valence-corrected chi connectivity index (χ0v) is 8.29. The molecule has 3 nitrogen and oxygen atoms in total. The monoisotopic (exact) mass is 233 g/mol. The molecule has 0 aromatic carbocycles. The number of hydrogen-bond donors (Lipinski definition) is 1. The van der Waals surface area contributed by atoms with Crippen LogP contribution in [0.4, 0.5) is 13.2 Å². The van der Waals surface area contributed by atoms with E-state index in [0.29, 0.717) is 12.5 Å². The molecule has 0 unspecified atom stereocenters. The van der Waals surface area contributed by atoms with Crippen LogP contribution in [0.5, 0.6) is 0 Å². The summed E-state index contributed by atoms with van der Waals surface area (Å²) in [5.41, 5.74) is -1.74. The third-order valence-corrected chi connectivity index (χ3v) is 2.58. The summed E-state index contributed by atoms with van der Waals surface area (Å²) >= 11 is 0. The van der Waals surface area contributed by atoms with Crippen LogP contribution in [0.1, 0.15) is 28.8 Å². The number of carbonyl (C=O) groups is 1. The fraction of sp³-hybridized carbons (Fsp3) is 0.500. The fourth-order valence-corrected chi connectivity index (χ4v) is 1.61. The standard InChI is InChI=1S/C10H10F3NO2/c11-10(12,13)8-5-14(3-6-1-2-6)4-7(8)9(15)16/h4-6H,1-3H2,(H,15,16). The summed E-state index contributed by atoms with van der Waals surface area (Å²) in [7, 11) is 0. The van der Waals surface area contributed by atoms with E-state index in [2.05, 4.69) is 0 Å². The molecular weight excluding hydrogens is 223 g/mol. The quantitative estimate of drug-likeness (QED) is 0.871. The van der Waals surface area contributed by atoms with Crippen molar-refractivity contribution in [3.63, 3.8) is 0 Å². The van der Waals surface area contributed by atoms with Gasteiger partial charge in [0.1, 0.15) is 0 Å². The van der Waals surface area contributed by atoms with Crippen LogP contribution in [-0.4, -0.2) is 15.6 Å². The highest BCUT2D eigenvalue weighted by Gasteiger charge is 2.37. The van der Waals surface area contributed by atoms with Crippen molar-refractivity contribution in [3.05, 3.63) is 23.5 Å². The molecule has 0 saturated heterocycles. The Morgan fingerprint density at radius 2 is 2.06 bits per heavy atom. The molecule has 0 atom stereocenters. The van der Waals surface area contributed by atoms with Crippen molar-refractivity contribution in [1.29, 1.82) is 0 Å². The number of carboxylic acids is 1. The minimum absolute atomic E-state index is 0.398. The summed E-state index contributed by atoms with van der Waals surface area (Å²) in [6.45, 7) is 0.469. The average molecular weight is 233 g/mol. The molecule has 88 valence electrons. The lowest BCUT2D eigenvalue weighted by atomic mass is 10.2. The molecule has 0 amide bonds. The van der Waals surface area contributed by atoms with Crippen molar-refractivity contribution < 1.29 is 23.1 Å². The van der Waals surface area contributed by atoms with Crippen molar-refractivity contribution in [3.8, 4) is 0 Å². The van der Waals surface area contributed by atoms with Crippen LogP contribution in [0, 0.1) is 5.92 Å². The van der Waals surface area contributed by atoms with Crippen LogP contribution in [0.25, 0.3) is 0 Å². The first kappa shape index (κ1) is 11.0.